The molecule has 0 saturated carbocycles. The number of rotatable bonds is 6. The molecule has 3 aromatic rings. The quantitative estimate of drug-likeness (QED) is 0.717. The number of carbonyl (C=O) groups excluding carboxylic acids is 1. The van der Waals surface area contributed by atoms with Crippen molar-refractivity contribution in [1.82, 2.24) is 15.3 Å². The summed E-state index contributed by atoms with van der Waals surface area (Å²) in [6, 6.07) is 9.81. The van der Waals surface area contributed by atoms with Crippen LogP contribution in [0.5, 0.6) is 5.75 Å². The van der Waals surface area contributed by atoms with Gasteiger partial charge in [-0.15, -0.1) is 11.3 Å². The molecule has 2 aromatic heterocycles. The van der Waals surface area contributed by atoms with E-state index >= 15 is 0 Å². The van der Waals surface area contributed by atoms with Crippen LogP contribution >= 0.6 is 11.3 Å². The van der Waals surface area contributed by atoms with Gasteiger partial charge in [0.15, 0.2) is 17.7 Å². The number of amides is 1. The van der Waals surface area contributed by atoms with E-state index < -0.39 is 11.9 Å². The van der Waals surface area contributed by atoms with Crippen LogP contribution in [-0.2, 0) is 11.3 Å². The first kappa shape index (κ1) is 18.0. The molecule has 0 fully saturated rings. The number of hydrogen-bond acceptors (Lipinski definition) is 5. The van der Waals surface area contributed by atoms with E-state index in [2.05, 4.69) is 15.3 Å². The highest BCUT2D eigenvalue weighted by atomic mass is 32.1. The normalized spacial score (nSPS) is 11.8. The highest BCUT2D eigenvalue weighted by Gasteiger charge is 2.17. The van der Waals surface area contributed by atoms with Crippen LogP contribution in [-0.4, -0.2) is 22.0 Å². The van der Waals surface area contributed by atoms with Gasteiger partial charge in [-0.25, -0.2) is 9.37 Å². The van der Waals surface area contributed by atoms with E-state index in [1.165, 1.54) is 23.5 Å². The Morgan fingerprint density at radius 1 is 1.31 bits per heavy atom. The van der Waals surface area contributed by atoms with E-state index in [1.807, 2.05) is 19.1 Å². The average molecular weight is 371 g/mol. The van der Waals surface area contributed by atoms with Crippen LogP contribution in [0.4, 0.5) is 4.39 Å². The second-order valence-corrected chi connectivity index (χ2v) is 6.76. The van der Waals surface area contributed by atoms with Gasteiger partial charge >= 0.3 is 0 Å². The molecule has 1 unspecified atom stereocenters. The molecule has 0 aliphatic heterocycles. The smallest absolute Gasteiger partial charge is 0.261 e. The third kappa shape index (κ3) is 4.23. The second kappa shape index (κ2) is 8.05. The van der Waals surface area contributed by atoms with E-state index in [-0.39, 0.29) is 11.7 Å². The zero-order valence-corrected chi connectivity index (χ0v) is 15.2. The predicted molar refractivity (Wildman–Crippen MR) is 98.4 cm³/mol. The molecule has 0 spiro atoms. The summed E-state index contributed by atoms with van der Waals surface area (Å²) in [5, 5.41) is 3.67. The number of halogens is 1. The van der Waals surface area contributed by atoms with Crippen molar-refractivity contribution in [3.8, 4) is 16.3 Å². The summed E-state index contributed by atoms with van der Waals surface area (Å²) in [5.74, 6) is -0.751. The van der Waals surface area contributed by atoms with Crippen LogP contribution < -0.4 is 10.1 Å². The highest BCUT2D eigenvalue weighted by Crippen LogP contribution is 2.27. The Morgan fingerprint density at radius 3 is 2.85 bits per heavy atom. The molecule has 0 saturated heterocycles. The third-order valence-electron chi connectivity index (χ3n) is 3.73. The fourth-order valence-corrected chi connectivity index (χ4v) is 3.29. The summed E-state index contributed by atoms with van der Waals surface area (Å²) in [6.45, 7) is 3.83. The number of pyridine rings is 1. The van der Waals surface area contributed by atoms with Crippen LogP contribution in [0.3, 0.4) is 0 Å². The summed E-state index contributed by atoms with van der Waals surface area (Å²) in [5.41, 5.74) is 1.80. The van der Waals surface area contributed by atoms with Crippen molar-refractivity contribution < 1.29 is 13.9 Å². The van der Waals surface area contributed by atoms with Gasteiger partial charge < -0.3 is 10.1 Å². The number of thiazole rings is 1. The van der Waals surface area contributed by atoms with E-state index in [0.717, 1.165) is 21.1 Å². The van der Waals surface area contributed by atoms with Gasteiger partial charge in [0.1, 0.15) is 5.01 Å². The van der Waals surface area contributed by atoms with Crippen LogP contribution in [0.2, 0.25) is 0 Å². The highest BCUT2D eigenvalue weighted by molar-refractivity contribution is 7.15. The standard InChI is InChI=1S/C19H18FN3O2S/c1-12-17(26-19(23-12)14-6-5-9-21-10-14)11-22-18(24)13(2)25-16-8-4-3-7-15(16)20/h3-10,13H,11H2,1-2H3,(H,22,24). The summed E-state index contributed by atoms with van der Waals surface area (Å²) in [6.07, 6.45) is 2.66. The van der Waals surface area contributed by atoms with Gasteiger partial charge in [-0.05, 0) is 38.1 Å². The van der Waals surface area contributed by atoms with E-state index in [9.17, 15) is 9.18 Å². The van der Waals surface area contributed by atoms with Crippen LogP contribution in [0.15, 0.2) is 48.8 Å². The maximum absolute atomic E-state index is 13.6. The molecule has 3 rings (SSSR count). The van der Waals surface area contributed by atoms with Crippen molar-refractivity contribution >= 4 is 17.2 Å². The molecule has 1 atom stereocenters. The lowest BCUT2D eigenvalue weighted by molar-refractivity contribution is -0.127. The van der Waals surface area contributed by atoms with Gasteiger partial charge in [-0.1, -0.05) is 12.1 Å². The molecule has 5 nitrogen and oxygen atoms in total. The molecular formula is C19H18FN3O2S. The van der Waals surface area contributed by atoms with Gasteiger partial charge in [-0.3, -0.25) is 9.78 Å². The lowest BCUT2D eigenvalue weighted by atomic mass is 10.3. The first-order valence-electron chi connectivity index (χ1n) is 8.10. The molecule has 0 aliphatic carbocycles. The molecule has 134 valence electrons. The number of ether oxygens (including phenoxy) is 1. The summed E-state index contributed by atoms with van der Waals surface area (Å²) < 4.78 is 19.0. The van der Waals surface area contributed by atoms with Crippen LogP contribution in [0, 0.1) is 12.7 Å². The van der Waals surface area contributed by atoms with Crippen molar-refractivity contribution in [3.05, 3.63) is 65.2 Å². The molecule has 0 aliphatic rings. The van der Waals surface area contributed by atoms with Crippen molar-refractivity contribution in [1.29, 1.82) is 0 Å². The Labute approximate surface area is 154 Å². The summed E-state index contributed by atoms with van der Waals surface area (Å²) >= 11 is 1.51. The minimum atomic E-state index is -0.807. The molecule has 1 N–H and O–H groups in total. The lowest BCUT2D eigenvalue weighted by Crippen LogP contribution is -2.36. The minimum absolute atomic E-state index is 0.0583. The molecule has 7 heteroatoms. The molecule has 1 amide bonds. The molecule has 0 radical (unpaired) electrons. The summed E-state index contributed by atoms with van der Waals surface area (Å²) in [7, 11) is 0. The monoisotopic (exact) mass is 371 g/mol. The Kier molecular flexibility index (Phi) is 5.58. The summed E-state index contributed by atoms with van der Waals surface area (Å²) in [4.78, 5) is 21.8. The zero-order chi connectivity index (χ0) is 18.5. The fourth-order valence-electron chi connectivity index (χ4n) is 2.30. The Balaban J connectivity index is 1.61. The number of para-hydroxylation sites is 1. The molecule has 26 heavy (non-hydrogen) atoms. The van der Waals surface area contributed by atoms with E-state index in [0.29, 0.717) is 6.54 Å². The fraction of sp³-hybridized carbons (Fsp3) is 0.211. The first-order valence-corrected chi connectivity index (χ1v) is 8.92. The number of hydrogen-bond donors (Lipinski definition) is 1. The number of nitrogens with zero attached hydrogens (tertiary/aromatic N) is 2. The number of nitrogens with one attached hydrogen (secondary N) is 1. The number of aryl methyl sites for hydroxylation is 1. The maximum atomic E-state index is 13.6. The van der Waals surface area contributed by atoms with Crippen LogP contribution in [0.1, 0.15) is 17.5 Å². The Morgan fingerprint density at radius 2 is 2.12 bits per heavy atom. The van der Waals surface area contributed by atoms with Gasteiger partial charge in [0, 0.05) is 22.8 Å². The first-order chi connectivity index (χ1) is 12.5. The Bertz CT molecular complexity index is 899. The largest absolute Gasteiger partial charge is 0.478 e. The molecular weight excluding hydrogens is 353 g/mol. The number of benzene rings is 1. The van der Waals surface area contributed by atoms with Gasteiger partial charge in [0.05, 0.1) is 12.2 Å². The third-order valence-corrected chi connectivity index (χ3v) is 4.94. The Hall–Kier alpha value is -2.80. The molecule has 1 aromatic carbocycles. The van der Waals surface area contributed by atoms with Gasteiger partial charge in [-0.2, -0.15) is 0 Å². The van der Waals surface area contributed by atoms with Crippen molar-refractivity contribution in [2.45, 2.75) is 26.5 Å². The maximum Gasteiger partial charge on any atom is 0.261 e. The minimum Gasteiger partial charge on any atom is -0.478 e. The van der Waals surface area contributed by atoms with Crippen LogP contribution in [0.25, 0.3) is 10.6 Å². The van der Waals surface area contributed by atoms with Crippen molar-refractivity contribution in [2.24, 2.45) is 0 Å². The molecule has 2 heterocycles. The molecule has 0 bridgehead atoms. The van der Waals surface area contributed by atoms with Crippen molar-refractivity contribution in [3.63, 3.8) is 0 Å². The van der Waals surface area contributed by atoms with E-state index in [4.69, 9.17) is 4.74 Å². The number of carbonyl (C=O) groups is 1. The van der Waals surface area contributed by atoms with E-state index in [1.54, 1.807) is 31.5 Å². The van der Waals surface area contributed by atoms with Gasteiger partial charge in [0.25, 0.3) is 5.91 Å². The second-order valence-electron chi connectivity index (χ2n) is 5.68. The predicted octanol–water partition coefficient (Wildman–Crippen LogP) is 3.74. The zero-order valence-electron chi connectivity index (χ0n) is 14.4. The van der Waals surface area contributed by atoms with Crippen molar-refractivity contribution in [2.75, 3.05) is 0 Å². The van der Waals surface area contributed by atoms with Gasteiger partial charge in [0.2, 0.25) is 0 Å². The lowest BCUT2D eigenvalue weighted by Gasteiger charge is -2.14. The topological polar surface area (TPSA) is 64.1 Å². The SMILES string of the molecule is Cc1nc(-c2cccnc2)sc1CNC(=O)C(C)Oc1ccccc1F. The number of aromatic nitrogens is 2. The average Bonchev–Trinajstić information content (AvgIpc) is 3.03.